The highest BCUT2D eigenvalue weighted by Gasteiger charge is 2.07. The molecule has 0 aliphatic rings. The zero-order valence-electron chi connectivity index (χ0n) is 11.9. The van der Waals surface area contributed by atoms with Crippen molar-refractivity contribution in [2.45, 2.75) is 18.2 Å². The Hall–Kier alpha value is -1.05. The Morgan fingerprint density at radius 1 is 1.29 bits per heavy atom. The molecular formula is C14H19BrN2O3S. The Labute approximate surface area is 137 Å². The molecule has 0 aliphatic carbocycles. The van der Waals surface area contributed by atoms with Crippen molar-refractivity contribution < 1.29 is 14.3 Å². The molecule has 1 aromatic carbocycles. The average Bonchev–Trinajstić information content (AvgIpc) is 2.46. The molecule has 0 fully saturated rings. The Kier molecular flexibility index (Phi) is 9.12. The van der Waals surface area contributed by atoms with Gasteiger partial charge in [0.15, 0.2) is 0 Å². The first kappa shape index (κ1) is 18.0. The van der Waals surface area contributed by atoms with Gasteiger partial charge in [-0.15, -0.1) is 11.8 Å². The topological polar surface area (TPSA) is 67.4 Å². The van der Waals surface area contributed by atoms with Crippen molar-refractivity contribution in [3.8, 4) is 0 Å². The Morgan fingerprint density at radius 2 is 2.00 bits per heavy atom. The summed E-state index contributed by atoms with van der Waals surface area (Å²) >= 11 is 4.73. The predicted octanol–water partition coefficient (Wildman–Crippen LogP) is 2.79. The second-order valence-electron chi connectivity index (χ2n) is 4.10. The number of carbonyl (C=O) groups excluding carboxylic acids is 2. The first-order valence-corrected chi connectivity index (χ1v) is 8.43. The van der Waals surface area contributed by atoms with Crippen LogP contribution in [0.4, 0.5) is 4.79 Å². The van der Waals surface area contributed by atoms with Gasteiger partial charge in [-0.25, -0.2) is 4.79 Å². The van der Waals surface area contributed by atoms with Gasteiger partial charge in [0.05, 0.1) is 5.75 Å². The molecule has 7 heteroatoms. The molecule has 0 aliphatic heterocycles. The molecule has 0 heterocycles. The largest absolute Gasteiger partial charge is 0.382 e. The van der Waals surface area contributed by atoms with Gasteiger partial charge in [0.25, 0.3) is 0 Å². The molecule has 0 saturated heterocycles. The van der Waals surface area contributed by atoms with Crippen LogP contribution in [-0.2, 0) is 9.53 Å². The predicted molar refractivity (Wildman–Crippen MR) is 87.5 cm³/mol. The van der Waals surface area contributed by atoms with E-state index in [1.54, 1.807) is 0 Å². The maximum absolute atomic E-state index is 11.6. The summed E-state index contributed by atoms with van der Waals surface area (Å²) in [4.78, 5) is 24.0. The van der Waals surface area contributed by atoms with Gasteiger partial charge in [0.1, 0.15) is 0 Å². The number of benzene rings is 1. The van der Waals surface area contributed by atoms with Gasteiger partial charge in [-0.2, -0.15) is 0 Å². The summed E-state index contributed by atoms with van der Waals surface area (Å²) in [6.45, 7) is 3.67. The number of hydrogen-bond donors (Lipinski definition) is 2. The number of halogens is 1. The first-order valence-electron chi connectivity index (χ1n) is 6.65. The summed E-state index contributed by atoms with van der Waals surface area (Å²) in [5.41, 5.74) is 0. The van der Waals surface area contributed by atoms with Crippen molar-refractivity contribution in [1.29, 1.82) is 0 Å². The molecule has 21 heavy (non-hydrogen) atoms. The van der Waals surface area contributed by atoms with Crippen LogP contribution < -0.4 is 10.6 Å². The summed E-state index contributed by atoms with van der Waals surface area (Å²) in [5.74, 6) is -0.112. The van der Waals surface area contributed by atoms with Crippen LogP contribution >= 0.6 is 27.7 Å². The zero-order chi connectivity index (χ0) is 15.5. The van der Waals surface area contributed by atoms with Crippen molar-refractivity contribution in [2.24, 2.45) is 0 Å². The SMILES string of the molecule is CCOCCCNC(=O)NC(=O)CSc1ccc(Br)cc1. The molecule has 3 amide bonds. The van der Waals surface area contributed by atoms with Crippen LogP contribution in [0.1, 0.15) is 13.3 Å². The van der Waals surface area contributed by atoms with Crippen LogP contribution in [0.15, 0.2) is 33.6 Å². The van der Waals surface area contributed by atoms with Crippen LogP contribution in [0.2, 0.25) is 0 Å². The number of imide groups is 1. The fraction of sp³-hybridized carbons (Fsp3) is 0.429. The summed E-state index contributed by atoms with van der Waals surface area (Å²) in [6.07, 6.45) is 0.725. The van der Waals surface area contributed by atoms with Gasteiger partial charge in [0.2, 0.25) is 5.91 Å². The number of hydrogen-bond acceptors (Lipinski definition) is 4. The number of urea groups is 1. The van der Waals surface area contributed by atoms with Crippen molar-refractivity contribution in [2.75, 3.05) is 25.5 Å². The van der Waals surface area contributed by atoms with Crippen LogP contribution in [0.5, 0.6) is 0 Å². The van der Waals surface area contributed by atoms with Crippen LogP contribution in [-0.4, -0.2) is 37.4 Å². The summed E-state index contributed by atoms with van der Waals surface area (Å²) < 4.78 is 6.14. The minimum Gasteiger partial charge on any atom is -0.382 e. The smallest absolute Gasteiger partial charge is 0.321 e. The lowest BCUT2D eigenvalue weighted by Gasteiger charge is -2.07. The molecule has 0 atom stereocenters. The molecule has 1 aromatic rings. The fourth-order valence-electron chi connectivity index (χ4n) is 1.41. The van der Waals surface area contributed by atoms with E-state index in [9.17, 15) is 9.59 Å². The van der Waals surface area contributed by atoms with E-state index in [4.69, 9.17) is 4.74 Å². The molecule has 0 aromatic heterocycles. The minimum absolute atomic E-state index is 0.202. The number of thioether (sulfide) groups is 1. The maximum atomic E-state index is 11.6. The fourth-order valence-corrected chi connectivity index (χ4v) is 2.37. The molecule has 1 rings (SSSR count). The number of amides is 3. The van der Waals surface area contributed by atoms with Crippen molar-refractivity contribution in [3.05, 3.63) is 28.7 Å². The van der Waals surface area contributed by atoms with E-state index in [-0.39, 0.29) is 11.7 Å². The van der Waals surface area contributed by atoms with Gasteiger partial charge in [-0.3, -0.25) is 10.1 Å². The van der Waals surface area contributed by atoms with E-state index >= 15 is 0 Å². The molecule has 2 N–H and O–H groups in total. The number of ether oxygens (including phenoxy) is 1. The van der Waals surface area contributed by atoms with Gasteiger partial charge < -0.3 is 10.1 Å². The van der Waals surface area contributed by atoms with Crippen molar-refractivity contribution in [1.82, 2.24) is 10.6 Å². The summed E-state index contributed by atoms with van der Waals surface area (Å²) in [7, 11) is 0. The molecule has 5 nitrogen and oxygen atoms in total. The average molecular weight is 375 g/mol. The number of carbonyl (C=O) groups is 2. The van der Waals surface area contributed by atoms with E-state index in [1.807, 2.05) is 31.2 Å². The van der Waals surface area contributed by atoms with E-state index in [1.165, 1.54) is 11.8 Å². The van der Waals surface area contributed by atoms with Crippen molar-refractivity contribution in [3.63, 3.8) is 0 Å². The van der Waals surface area contributed by atoms with Gasteiger partial charge in [0, 0.05) is 29.1 Å². The molecular weight excluding hydrogens is 356 g/mol. The lowest BCUT2D eigenvalue weighted by Crippen LogP contribution is -2.40. The van der Waals surface area contributed by atoms with Crippen molar-refractivity contribution >= 4 is 39.6 Å². The molecule has 0 bridgehead atoms. The quantitative estimate of drug-likeness (QED) is 0.542. The first-order chi connectivity index (χ1) is 10.1. The lowest BCUT2D eigenvalue weighted by atomic mass is 10.4. The van der Waals surface area contributed by atoms with E-state index in [0.717, 1.165) is 15.8 Å². The summed E-state index contributed by atoms with van der Waals surface area (Å²) in [6, 6.07) is 7.18. The Balaban J connectivity index is 2.15. The van der Waals surface area contributed by atoms with Crippen LogP contribution in [0, 0.1) is 0 Å². The standard InChI is InChI=1S/C14H19BrN2O3S/c1-2-20-9-3-8-16-14(19)17-13(18)10-21-12-6-4-11(15)5-7-12/h4-7H,2-3,8-10H2,1H3,(H2,16,17,18,19). The van der Waals surface area contributed by atoms with Gasteiger partial charge in [-0.1, -0.05) is 15.9 Å². The third-order valence-electron chi connectivity index (χ3n) is 2.39. The highest BCUT2D eigenvalue weighted by Crippen LogP contribution is 2.20. The van der Waals surface area contributed by atoms with E-state index in [2.05, 4.69) is 26.6 Å². The maximum Gasteiger partial charge on any atom is 0.321 e. The zero-order valence-corrected chi connectivity index (χ0v) is 14.3. The van der Waals surface area contributed by atoms with Gasteiger partial charge >= 0.3 is 6.03 Å². The molecule has 0 unspecified atom stereocenters. The van der Waals surface area contributed by atoms with Crippen LogP contribution in [0.25, 0.3) is 0 Å². The molecule has 0 spiro atoms. The highest BCUT2D eigenvalue weighted by atomic mass is 79.9. The monoisotopic (exact) mass is 374 g/mol. The third kappa shape index (κ3) is 8.75. The minimum atomic E-state index is -0.465. The Morgan fingerprint density at radius 3 is 2.67 bits per heavy atom. The van der Waals surface area contributed by atoms with Gasteiger partial charge in [-0.05, 0) is 37.6 Å². The third-order valence-corrected chi connectivity index (χ3v) is 3.93. The molecule has 116 valence electrons. The molecule has 0 saturated carbocycles. The Bertz CT molecular complexity index is 454. The molecule has 0 radical (unpaired) electrons. The second kappa shape index (κ2) is 10.6. The number of nitrogens with one attached hydrogen (secondary N) is 2. The van der Waals surface area contributed by atoms with E-state index < -0.39 is 6.03 Å². The normalized spacial score (nSPS) is 10.2. The summed E-state index contributed by atoms with van der Waals surface area (Å²) in [5, 5.41) is 4.90. The lowest BCUT2D eigenvalue weighted by molar-refractivity contribution is -0.117. The second-order valence-corrected chi connectivity index (χ2v) is 6.06. The number of rotatable bonds is 8. The van der Waals surface area contributed by atoms with E-state index in [0.29, 0.717) is 19.8 Å². The highest BCUT2D eigenvalue weighted by molar-refractivity contribution is 9.10. The van der Waals surface area contributed by atoms with Crippen LogP contribution in [0.3, 0.4) is 0 Å².